The van der Waals surface area contributed by atoms with Crippen LogP contribution in [0.15, 0.2) is 41.3 Å². The summed E-state index contributed by atoms with van der Waals surface area (Å²) >= 11 is 11.7. The minimum atomic E-state index is -3.67. The van der Waals surface area contributed by atoms with Gasteiger partial charge in [-0.1, -0.05) is 29.3 Å². The molecule has 0 aliphatic heterocycles. The zero-order valence-electron chi connectivity index (χ0n) is 10.9. The van der Waals surface area contributed by atoms with E-state index in [0.717, 1.165) is 11.1 Å². The molecule has 0 aromatic heterocycles. The molecule has 2 aromatic carbocycles. The molecule has 2 aromatic rings. The highest BCUT2D eigenvalue weighted by Crippen LogP contribution is 2.27. The third-order valence-corrected chi connectivity index (χ3v) is 4.88. The molecule has 3 nitrogen and oxygen atoms in total. The molecule has 0 unspecified atom stereocenters. The zero-order chi connectivity index (χ0) is 14.9. The fourth-order valence-electron chi connectivity index (χ4n) is 1.66. The fourth-order valence-corrected chi connectivity index (χ4v) is 3.33. The number of hydrogen-bond donors (Lipinski definition) is 1. The van der Waals surface area contributed by atoms with Crippen LogP contribution in [0.4, 0.5) is 5.69 Å². The van der Waals surface area contributed by atoms with Crippen LogP contribution < -0.4 is 4.72 Å². The summed E-state index contributed by atoms with van der Waals surface area (Å²) in [4.78, 5) is 0.201. The van der Waals surface area contributed by atoms with Crippen LogP contribution in [0.2, 0.25) is 10.0 Å². The van der Waals surface area contributed by atoms with E-state index in [0.29, 0.717) is 10.7 Å². The van der Waals surface area contributed by atoms with Gasteiger partial charge in [0.25, 0.3) is 10.0 Å². The van der Waals surface area contributed by atoms with Crippen molar-refractivity contribution >= 4 is 38.9 Å². The van der Waals surface area contributed by atoms with Crippen LogP contribution in [0.5, 0.6) is 0 Å². The van der Waals surface area contributed by atoms with Gasteiger partial charge < -0.3 is 0 Å². The van der Waals surface area contributed by atoms with Gasteiger partial charge in [0.05, 0.1) is 15.6 Å². The van der Waals surface area contributed by atoms with Crippen molar-refractivity contribution in [1.29, 1.82) is 0 Å². The minimum Gasteiger partial charge on any atom is -0.278 e. The van der Waals surface area contributed by atoms with E-state index in [1.54, 1.807) is 24.3 Å². The van der Waals surface area contributed by atoms with Gasteiger partial charge in [0.15, 0.2) is 0 Å². The van der Waals surface area contributed by atoms with Crippen LogP contribution in [0.25, 0.3) is 0 Å². The number of rotatable bonds is 3. The SMILES string of the molecule is Cc1ccc(S(=O)(=O)Nc2ccc(Cl)cc2Cl)cc1C. The molecule has 0 bridgehead atoms. The number of nitrogens with one attached hydrogen (secondary N) is 1. The first kappa shape index (κ1) is 15.2. The molecule has 0 aliphatic carbocycles. The molecule has 0 heterocycles. The highest BCUT2D eigenvalue weighted by Gasteiger charge is 2.16. The third-order valence-electron chi connectivity index (χ3n) is 2.96. The van der Waals surface area contributed by atoms with Gasteiger partial charge in [-0.15, -0.1) is 0 Å². The molecule has 0 saturated carbocycles. The Labute approximate surface area is 128 Å². The molecular weight excluding hydrogens is 317 g/mol. The molecule has 0 amide bonds. The van der Waals surface area contributed by atoms with E-state index in [1.165, 1.54) is 12.1 Å². The first-order valence-corrected chi connectivity index (χ1v) is 8.08. The molecule has 0 atom stereocenters. The molecule has 0 spiro atoms. The summed E-state index contributed by atoms with van der Waals surface area (Å²) in [6.45, 7) is 3.79. The predicted molar refractivity (Wildman–Crippen MR) is 83.2 cm³/mol. The van der Waals surface area contributed by atoms with Crippen molar-refractivity contribution in [2.24, 2.45) is 0 Å². The van der Waals surface area contributed by atoms with Gasteiger partial charge in [0.1, 0.15) is 0 Å². The molecule has 6 heteroatoms. The Morgan fingerprint density at radius 3 is 2.25 bits per heavy atom. The smallest absolute Gasteiger partial charge is 0.261 e. The molecule has 2 rings (SSSR count). The van der Waals surface area contributed by atoms with E-state index in [4.69, 9.17) is 23.2 Å². The van der Waals surface area contributed by atoms with E-state index in [2.05, 4.69) is 4.72 Å². The first-order chi connectivity index (χ1) is 9.29. The second-order valence-corrected chi connectivity index (χ2v) is 7.00. The van der Waals surface area contributed by atoms with Crippen LogP contribution in [-0.2, 0) is 10.0 Å². The van der Waals surface area contributed by atoms with Gasteiger partial charge in [-0.05, 0) is 55.3 Å². The van der Waals surface area contributed by atoms with Gasteiger partial charge in [0, 0.05) is 5.02 Å². The molecule has 0 radical (unpaired) electrons. The van der Waals surface area contributed by atoms with Crippen molar-refractivity contribution in [3.05, 3.63) is 57.6 Å². The summed E-state index contributed by atoms with van der Waals surface area (Å²) in [7, 11) is -3.67. The van der Waals surface area contributed by atoms with Gasteiger partial charge >= 0.3 is 0 Å². The molecule has 0 aliphatic rings. The fraction of sp³-hybridized carbons (Fsp3) is 0.143. The van der Waals surface area contributed by atoms with Crippen LogP contribution in [-0.4, -0.2) is 8.42 Å². The van der Waals surface area contributed by atoms with Gasteiger partial charge in [-0.3, -0.25) is 4.72 Å². The Kier molecular flexibility index (Phi) is 4.28. The molecule has 0 saturated heterocycles. The number of anilines is 1. The molecule has 0 fully saturated rings. The van der Waals surface area contributed by atoms with Gasteiger partial charge in [0.2, 0.25) is 0 Å². The van der Waals surface area contributed by atoms with Crippen LogP contribution in [0, 0.1) is 13.8 Å². The lowest BCUT2D eigenvalue weighted by molar-refractivity contribution is 0.601. The lowest BCUT2D eigenvalue weighted by atomic mass is 10.1. The van der Waals surface area contributed by atoms with Crippen molar-refractivity contribution in [2.75, 3.05) is 4.72 Å². The van der Waals surface area contributed by atoms with Gasteiger partial charge in [-0.2, -0.15) is 0 Å². The number of hydrogen-bond acceptors (Lipinski definition) is 2. The zero-order valence-corrected chi connectivity index (χ0v) is 13.3. The summed E-state index contributed by atoms with van der Waals surface area (Å²) in [6.07, 6.45) is 0. The minimum absolute atomic E-state index is 0.201. The monoisotopic (exact) mass is 329 g/mol. The second-order valence-electron chi connectivity index (χ2n) is 4.48. The van der Waals surface area contributed by atoms with E-state index in [-0.39, 0.29) is 9.92 Å². The Morgan fingerprint density at radius 2 is 1.65 bits per heavy atom. The van der Waals surface area contributed by atoms with E-state index in [1.807, 2.05) is 13.8 Å². The van der Waals surface area contributed by atoms with Crippen molar-refractivity contribution in [3.63, 3.8) is 0 Å². The van der Waals surface area contributed by atoms with E-state index in [9.17, 15) is 8.42 Å². The highest BCUT2D eigenvalue weighted by molar-refractivity contribution is 7.92. The summed E-state index contributed by atoms with van der Waals surface area (Å²) in [5, 5.41) is 0.703. The first-order valence-electron chi connectivity index (χ1n) is 5.85. The lowest BCUT2D eigenvalue weighted by Gasteiger charge is -2.11. The Morgan fingerprint density at radius 1 is 0.950 bits per heavy atom. The molecule has 20 heavy (non-hydrogen) atoms. The largest absolute Gasteiger partial charge is 0.278 e. The maximum atomic E-state index is 12.3. The summed E-state index contributed by atoms with van der Waals surface area (Å²) in [5.41, 5.74) is 2.25. The average molecular weight is 330 g/mol. The maximum absolute atomic E-state index is 12.3. The number of halogens is 2. The topological polar surface area (TPSA) is 46.2 Å². The maximum Gasteiger partial charge on any atom is 0.261 e. The van der Waals surface area contributed by atoms with Crippen LogP contribution in [0.1, 0.15) is 11.1 Å². The number of aryl methyl sites for hydroxylation is 2. The third kappa shape index (κ3) is 3.26. The van der Waals surface area contributed by atoms with Crippen molar-refractivity contribution in [2.45, 2.75) is 18.7 Å². The van der Waals surface area contributed by atoms with E-state index < -0.39 is 10.0 Å². The van der Waals surface area contributed by atoms with Gasteiger partial charge in [-0.25, -0.2) is 8.42 Å². The van der Waals surface area contributed by atoms with Crippen molar-refractivity contribution in [1.82, 2.24) is 0 Å². The van der Waals surface area contributed by atoms with Crippen LogP contribution >= 0.6 is 23.2 Å². The summed E-state index contributed by atoms with van der Waals surface area (Å²) in [6, 6.07) is 9.56. The number of benzene rings is 2. The normalized spacial score (nSPS) is 11.4. The quantitative estimate of drug-likeness (QED) is 0.906. The standard InChI is InChI=1S/C14H13Cl2NO2S/c1-9-3-5-12(7-10(9)2)20(18,19)17-14-6-4-11(15)8-13(14)16/h3-8,17H,1-2H3. The lowest BCUT2D eigenvalue weighted by Crippen LogP contribution is -2.13. The highest BCUT2D eigenvalue weighted by atomic mass is 35.5. The Bertz CT molecular complexity index is 758. The second kappa shape index (κ2) is 5.64. The molecular formula is C14H13Cl2NO2S. The Hall–Kier alpha value is -1.23. The molecule has 1 N–H and O–H groups in total. The molecule has 106 valence electrons. The predicted octanol–water partition coefficient (Wildman–Crippen LogP) is 4.41. The van der Waals surface area contributed by atoms with E-state index >= 15 is 0 Å². The van der Waals surface area contributed by atoms with Crippen LogP contribution in [0.3, 0.4) is 0 Å². The Balaban J connectivity index is 2.38. The number of sulfonamides is 1. The summed E-state index contributed by atoms with van der Waals surface area (Å²) < 4.78 is 27.1. The summed E-state index contributed by atoms with van der Waals surface area (Å²) in [5.74, 6) is 0. The van der Waals surface area contributed by atoms with Crippen molar-refractivity contribution < 1.29 is 8.42 Å². The average Bonchev–Trinajstić information content (AvgIpc) is 2.36. The van der Waals surface area contributed by atoms with Crippen molar-refractivity contribution in [3.8, 4) is 0 Å².